The third-order valence-corrected chi connectivity index (χ3v) is 1.53. The minimum atomic E-state index is -0.987. The summed E-state index contributed by atoms with van der Waals surface area (Å²) in [5.74, 6) is -0.987. The minimum absolute atomic E-state index is 0.323. The molecule has 1 rings (SSSR count). The van der Waals surface area contributed by atoms with Crippen molar-refractivity contribution in [1.29, 1.82) is 0 Å². The van der Waals surface area contributed by atoms with E-state index in [0.29, 0.717) is 6.42 Å². The molecule has 1 aromatic heterocycles. The zero-order chi connectivity index (χ0) is 9.14. The summed E-state index contributed by atoms with van der Waals surface area (Å²) in [5.41, 5.74) is 6.16. The number of aromatic nitrogens is 2. The number of carbonyl (C=O) groups is 1. The fraction of sp³-hybridized carbons (Fsp3) is 0.429. The van der Waals surface area contributed by atoms with Crippen molar-refractivity contribution in [2.24, 2.45) is 12.8 Å². The maximum absolute atomic E-state index is 10.4. The molecule has 1 heterocycles. The molecule has 0 saturated heterocycles. The average molecular weight is 169 g/mol. The number of rotatable bonds is 3. The number of hydrogen-bond acceptors (Lipinski definition) is 3. The molecule has 5 nitrogen and oxygen atoms in total. The smallest absolute Gasteiger partial charge is 0.320 e. The third-order valence-electron chi connectivity index (χ3n) is 1.53. The Balaban J connectivity index is 2.58. The number of carboxylic acids is 1. The summed E-state index contributed by atoms with van der Waals surface area (Å²) < 4.78 is 1.61. The standard InChI is InChI=1S/C7H11N3O2/c1-10-4-5(3-9-10)2-6(8)7(11)12/h3-4,6H,2,8H2,1H3,(H,11,12)/t6-/m1/s1. The first-order chi connectivity index (χ1) is 5.59. The van der Waals surface area contributed by atoms with Gasteiger partial charge in [0.1, 0.15) is 6.04 Å². The number of hydrogen-bond donors (Lipinski definition) is 2. The lowest BCUT2D eigenvalue weighted by atomic mass is 10.1. The van der Waals surface area contributed by atoms with Crippen LogP contribution in [0.15, 0.2) is 12.4 Å². The molecule has 0 spiro atoms. The molecule has 0 fully saturated rings. The van der Waals surface area contributed by atoms with Crippen molar-refractivity contribution in [1.82, 2.24) is 9.78 Å². The molecule has 12 heavy (non-hydrogen) atoms. The average Bonchev–Trinajstić information content (AvgIpc) is 2.35. The second kappa shape index (κ2) is 3.36. The van der Waals surface area contributed by atoms with E-state index in [4.69, 9.17) is 10.8 Å². The molecule has 0 amide bonds. The lowest BCUT2D eigenvalue weighted by Gasteiger charge is -2.02. The van der Waals surface area contributed by atoms with Crippen LogP contribution in [0.4, 0.5) is 0 Å². The van der Waals surface area contributed by atoms with Gasteiger partial charge in [-0.25, -0.2) is 0 Å². The second-order valence-corrected chi connectivity index (χ2v) is 2.67. The third kappa shape index (κ3) is 2.06. The van der Waals surface area contributed by atoms with Crippen LogP contribution in [0, 0.1) is 0 Å². The predicted molar refractivity (Wildman–Crippen MR) is 42.5 cm³/mol. The number of nitrogens with two attached hydrogens (primary N) is 1. The highest BCUT2D eigenvalue weighted by molar-refractivity contribution is 5.73. The molecule has 0 aromatic carbocycles. The SMILES string of the molecule is Cn1cc(C[C@@H](N)C(=O)O)cn1. The Morgan fingerprint density at radius 1 is 1.92 bits per heavy atom. The number of carboxylic acid groups (broad SMARTS) is 1. The van der Waals surface area contributed by atoms with Gasteiger partial charge in [-0.2, -0.15) is 5.10 Å². The Morgan fingerprint density at radius 3 is 3.00 bits per heavy atom. The van der Waals surface area contributed by atoms with Gasteiger partial charge in [0.2, 0.25) is 0 Å². The number of aliphatic carboxylic acids is 1. The molecule has 1 atom stereocenters. The van der Waals surface area contributed by atoms with Crippen molar-refractivity contribution < 1.29 is 9.90 Å². The van der Waals surface area contributed by atoms with Crippen LogP contribution in [0.25, 0.3) is 0 Å². The maximum atomic E-state index is 10.4. The van der Waals surface area contributed by atoms with Crippen molar-refractivity contribution in [3.8, 4) is 0 Å². The van der Waals surface area contributed by atoms with Crippen LogP contribution in [0.1, 0.15) is 5.56 Å². The van der Waals surface area contributed by atoms with Crippen molar-refractivity contribution in [2.75, 3.05) is 0 Å². The van der Waals surface area contributed by atoms with Gasteiger partial charge in [-0.15, -0.1) is 0 Å². The first kappa shape index (κ1) is 8.73. The number of nitrogens with zero attached hydrogens (tertiary/aromatic N) is 2. The summed E-state index contributed by atoms with van der Waals surface area (Å²) in [6.07, 6.45) is 3.69. The van der Waals surface area contributed by atoms with Crippen LogP contribution in [0.5, 0.6) is 0 Å². The van der Waals surface area contributed by atoms with Crippen molar-refractivity contribution in [2.45, 2.75) is 12.5 Å². The van der Waals surface area contributed by atoms with Crippen LogP contribution in [-0.2, 0) is 18.3 Å². The molecule has 0 unspecified atom stereocenters. The Bertz CT molecular complexity index is 282. The van der Waals surface area contributed by atoms with Gasteiger partial charge in [0.05, 0.1) is 6.20 Å². The molecule has 1 aromatic rings. The van der Waals surface area contributed by atoms with Gasteiger partial charge in [-0.1, -0.05) is 0 Å². The van der Waals surface area contributed by atoms with Gasteiger partial charge in [-0.3, -0.25) is 9.48 Å². The molecule has 0 radical (unpaired) electrons. The zero-order valence-corrected chi connectivity index (χ0v) is 6.77. The predicted octanol–water partition coefficient (Wildman–Crippen LogP) is -0.626. The lowest BCUT2D eigenvalue weighted by Crippen LogP contribution is -2.32. The van der Waals surface area contributed by atoms with Crippen LogP contribution in [0.2, 0.25) is 0 Å². The summed E-state index contributed by atoms with van der Waals surface area (Å²) in [7, 11) is 1.77. The summed E-state index contributed by atoms with van der Waals surface area (Å²) in [5, 5.41) is 12.4. The summed E-state index contributed by atoms with van der Waals surface area (Å²) in [6, 6.07) is -0.839. The van der Waals surface area contributed by atoms with E-state index >= 15 is 0 Å². The molecule has 5 heteroatoms. The van der Waals surface area contributed by atoms with E-state index in [9.17, 15) is 4.79 Å². The van der Waals surface area contributed by atoms with E-state index in [1.165, 1.54) is 0 Å². The van der Waals surface area contributed by atoms with E-state index in [1.54, 1.807) is 24.1 Å². The molecule has 0 saturated carbocycles. The fourth-order valence-corrected chi connectivity index (χ4v) is 0.919. The van der Waals surface area contributed by atoms with Gasteiger partial charge in [0.25, 0.3) is 0 Å². The van der Waals surface area contributed by atoms with Crippen LogP contribution < -0.4 is 5.73 Å². The van der Waals surface area contributed by atoms with E-state index in [-0.39, 0.29) is 0 Å². The maximum Gasteiger partial charge on any atom is 0.320 e. The van der Waals surface area contributed by atoms with Crippen molar-refractivity contribution in [3.63, 3.8) is 0 Å². The van der Waals surface area contributed by atoms with Crippen molar-refractivity contribution >= 4 is 5.97 Å². The van der Waals surface area contributed by atoms with Gasteiger partial charge < -0.3 is 10.8 Å². The Kier molecular flexibility index (Phi) is 2.44. The summed E-state index contributed by atoms with van der Waals surface area (Å²) in [4.78, 5) is 10.4. The highest BCUT2D eigenvalue weighted by Gasteiger charge is 2.12. The van der Waals surface area contributed by atoms with E-state index in [0.717, 1.165) is 5.56 Å². The minimum Gasteiger partial charge on any atom is -0.480 e. The fourth-order valence-electron chi connectivity index (χ4n) is 0.919. The number of aryl methyl sites for hydroxylation is 1. The van der Waals surface area contributed by atoms with Crippen LogP contribution >= 0.6 is 0 Å². The zero-order valence-electron chi connectivity index (χ0n) is 6.77. The van der Waals surface area contributed by atoms with Crippen molar-refractivity contribution in [3.05, 3.63) is 18.0 Å². The highest BCUT2D eigenvalue weighted by Crippen LogP contribution is 1.99. The Labute approximate surface area is 69.8 Å². The van der Waals surface area contributed by atoms with E-state index < -0.39 is 12.0 Å². The largest absolute Gasteiger partial charge is 0.480 e. The highest BCUT2D eigenvalue weighted by atomic mass is 16.4. The molecule has 66 valence electrons. The Hall–Kier alpha value is -1.36. The first-order valence-corrected chi connectivity index (χ1v) is 3.55. The molecule has 0 aliphatic rings. The first-order valence-electron chi connectivity index (χ1n) is 3.55. The van der Waals surface area contributed by atoms with Crippen LogP contribution in [0.3, 0.4) is 0 Å². The molecule has 0 aliphatic carbocycles. The topological polar surface area (TPSA) is 81.1 Å². The Morgan fingerprint density at radius 2 is 2.58 bits per heavy atom. The van der Waals surface area contributed by atoms with Crippen LogP contribution in [-0.4, -0.2) is 26.9 Å². The summed E-state index contributed by atoms with van der Waals surface area (Å²) >= 11 is 0. The van der Waals surface area contributed by atoms with Gasteiger partial charge >= 0.3 is 5.97 Å². The van der Waals surface area contributed by atoms with Gasteiger partial charge in [0.15, 0.2) is 0 Å². The molecule has 0 bridgehead atoms. The molecule has 3 N–H and O–H groups in total. The summed E-state index contributed by atoms with van der Waals surface area (Å²) in [6.45, 7) is 0. The van der Waals surface area contributed by atoms with E-state index in [2.05, 4.69) is 5.10 Å². The quantitative estimate of drug-likeness (QED) is 0.631. The van der Waals surface area contributed by atoms with E-state index in [1.807, 2.05) is 0 Å². The monoisotopic (exact) mass is 169 g/mol. The molecular formula is C7H11N3O2. The van der Waals surface area contributed by atoms with Gasteiger partial charge in [-0.05, 0) is 5.56 Å². The lowest BCUT2D eigenvalue weighted by molar-refractivity contribution is -0.138. The second-order valence-electron chi connectivity index (χ2n) is 2.67. The molecule has 0 aliphatic heterocycles. The normalized spacial score (nSPS) is 12.8. The van der Waals surface area contributed by atoms with Gasteiger partial charge in [0, 0.05) is 19.7 Å². The molecular weight excluding hydrogens is 158 g/mol.